The number of H-pyrrole nitrogens is 1. The summed E-state index contributed by atoms with van der Waals surface area (Å²) in [7, 11) is 1.84. The van der Waals surface area contributed by atoms with Crippen LogP contribution < -0.4 is 5.32 Å². The summed E-state index contributed by atoms with van der Waals surface area (Å²) >= 11 is 0. The summed E-state index contributed by atoms with van der Waals surface area (Å²) in [5.41, 5.74) is 1.59. The van der Waals surface area contributed by atoms with Gasteiger partial charge in [-0.2, -0.15) is 0 Å². The van der Waals surface area contributed by atoms with Crippen LogP contribution >= 0.6 is 0 Å². The topological polar surface area (TPSA) is 66.7 Å². The van der Waals surface area contributed by atoms with Crippen molar-refractivity contribution >= 4 is 17.0 Å². The van der Waals surface area contributed by atoms with E-state index in [1.807, 2.05) is 31.3 Å². The first kappa shape index (κ1) is 10.8. The van der Waals surface area contributed by atoms with E-state index >= 15 is 0 Å². The van der Waals surface area contributed by atoms with Crippen LogP contribution in [0.4, 0.5) is 5.82 Å². The van der Waals surface area contributed by atoms with Gasteiger partial charge in [0.1, 0.15) is 11.6 Å². The number of nitrogens with zero attached hydrogens (tertiary/aromatic N) is 2. The molecule has 3 aromatic rings. The Morgan fingerprint density at radius 3 is 2.83 bits per heavy atom. The third kappa shape index (κ3) is 1.73. The normalized spacial score (nSPS) is 11.0. The van der Waals surface area contributed by atoms with E-state index < -0.39 is 0 Å². The van der Waals surface area contributed by atoms with Crippen molar-refractivity contribution in [3.63, 3.8) is 0 Å². The molecule has 3 aromatic heterocycles. The Hall–Kier alpha value is -2.30. The summed E-state index contributed by atoms with van der Waals surface area (Å²) in [6.45, 7) is 2.06. The molecule has 3 heterocycles. The van der Waals surface area contributed by atoms with Crippen LogP contribution in [0.1, 0.15) is 12.7 Å². The van der Waals surface area contributed by atoms with Crippen molar-refractivity contribution in [2.75, 3.05) is 12.4 Å². The molecule has 92 valence electrons. The fourth-order valence-electron chi connectivity index (χ4n) is 1.84. The van der Waals surface area contributed by atoms with Crippen LogP contribution in [0.5, 0.6) is 0 Å². The van der Waals surface area contributed by atoms with Crippen LogP contribution in [-0.2, 0) is 6.42 Å². The van der Waals surface area contributed by atoms with Crippen LogP contribution in [0.25, 0.3) is 22.7 Å². The van der Waals surface area contributed by atoms with Crippen molar-refractivity contribution in [2.24, 2.45) is 0 Å². The highest BCUT2D eigenvalue weighted by atomic mass is 16.3. The summed E-state index contributed by atoms with van der Waals surface area (Å²) in [6, 6.07) is 7.75. The highest BCUT2D eigenvalue weighted by Crippen LogP contribution is 2.22. The number of hydrogen-bond donors (Lipinski definition) is 2. The van der Waals surface area contributed by atoms with Gasteiger partial charge in [-0.1, -0.05) is 6.92 Å². The Labute approximate surface area is 104 Å². The lowest BCUT2D eigenvalue weighted by molar-refractivity contribution is 0.526. The first-order valence-electron chi connectivity index (χ1n) is 5.93. The number of hydrogen-bond acceptors (Lipinski definition) is 4. The molecule has 0 fully saturated rings. The van der Waals surface area contributed by atoms with Crippen molar-refractivity contribution in [1.29, 1.82) is 0 Å². The lowest BCUT2D eigenvalue weighted by Gasteiger charge is -1.95. The minimum absolute atomic E-state index is 0.686. The summed E-state index contributed by atoms with van der Waals surface area (Å²) in [5.74, 6) is 3.21. The van der Waals surface area contributed by atoms with Gasteiger partial charge in [0.05, 0.1) is 5.52 Å². The zero-order valence-corrected chi connectivity index (χ0v) is 10.3. The number of aromatic nitrogens is 3. The fraction of sp³-hybridized carbons (Fsp3) is 0.231. The van der Waals surface area contributed by atoms with Gasteiger partial charge in [-0.25, -0.2) is 9.97 Å². The summed E-state index contributed by atoms with van der Waals surface area (Å²) in [4.78, 5) is 12.0. The minimum atomic E-state index is 0.686. The molecule has 0 aromatic carbocycles. The lowest BCUT2D eigenvalue weighted by Crippen LogP contribution is -1.91. The predicted molar refractivity (Wildman–Crippen MR) is 70.5 cm³/mol. The molecule has 3 rings (SSSR count). The number of fused-ring (bicyclic) bond motifs is 1. The molecule has 2 N–H and O–H groups in total. The van der Waals surface area contributed by atoms with E-state index in [1.165, 1.54) is 0 Å². The molecule has 5 heteroatoms. The molecule has 18 heavy (non-hydrogen) atoms. The van der Waals surface area contributed by atoms with E-state index in [-0.39, 0.29) is 0 Å². The first-order valence-corrected chi connectivity index (χ1v) is 5.93. The second kappa shape index (κ2) is 4.18. The van der Waals surface area contributed by atoms with Crippen LogP contribution in [0, 0.1) is 0 Å². The summed E-state index contributed by atoms with van der Waals surface area (Å²) in [6.07, 6.45) is 0.877. The predicted octanol–water partition coefficient (Wildman–Crippen LogP) is 2.82. The van der Waals surface area contributed by atoms with Gasteiger partial charge in [-0.3, -0.25) is 0 Å². The van der Waals surface area contributed by atoms with Gasteiger partial charge in [0, 0.05) is 13.5 Å². The molecule has 0 spiro atoms. The van der Waals surface area contributed by atoms with Crippen LogP contribution in [0.2, 0.25) is 0 Å². The Kier molecular flexibility index (Phi) is 2.51. The highest BCUT2D eigenvalue weighted by molar-refractivity contribution is 5.76. The van der Waals surface area contributed by atoms with E-state index in [4.69, 9.17) is 4.42 Å². The van der Waals surface area contributed by atoms with Crippen molar-refractivity contribution < 1.29 is 4.42 Å². The highest BCUT2D eigenvalue weighted by Gasteiger charge is 2.10. The number of nitrogens with one attached hydrogen (secondary N) is 2. The number of imidazole rings is 1. The standard InChI is InChI=1S/C13H14N4O/c1-3-8-4-6-10(18-8)13-15-9-5-7-11(14-2)16-12(9)17-13/h4-7H,3H2,1-2H3,(H2,14,15,16,17). The van der Waals surface area contributed by atoms with Gasteiger partial charge in [-0.05, 0) is 24.3 Å². The zero-order chi connectivity index (χ0) is 12.5. The van der Waals surface area contributed by atoms with Crippen LogP contribution in [0.15, 0.2) is 28.7 Å². The van der Waals surface area contributed by atoms with E-state index in [0.29, 0.717) is 11.5 Å². The van der Waals surface area contributed by atoms with Crippen molar-refractivity contribution in [2.45, 2.75) is 13.3 Å². The van der Waals surface area contributed by atoms with Crippen molar-refractivity contribution in [3.8, 4) is 11.6 Å². The monoisotopic (exact) mass is 242 g/mol. The molecule has 0 radical (unpaired) electrons. The molecule has 0 bridgehead atoms. The quantitative estimate of drug-likeness (QED) is 0.741. The number of pyridine rings is 1. The smallest absolute Gasteiger partial charge is 0.180 e. The molecule has 0 unspecified atom stereocenters. The van der Waals surface area contributed by atoms with Gasteiger partial charge in [0.2, 0.25) is 0 Å². The Morgan fingerprint density at radius 1 is 1.22 bits per heavy atom. The van der Waals surface area contributed by atoms with E-state index in [1.54, 1.807) is 0 Å². The summed E-state index contributed by atoms with van der Waals surface area (Å²) in [5, 5.41) is 2.99. The summed E-state index contributed by atoms with van der Waals surface area (Å²) < 4.78 is 5.67. The molecule has 0 saturated carbocycles. The maximum Gasteiger partial charge on any atom is 0.180 e. The second-order valence-electron chi connectivity index (χ2n) is 4.02. The average Bonchev–Trinajstić information content (AvgIpc) is 3.03. The van der Waals surface area contributed by atoms with Gasteiger partial charge in [-0.15, -0.1) is 0 Å². The number of aryl methyl sites for hydroxylation is 1. The molecule has 0 aliphatic rings. The number of aromatic amines is 1. The molecule has 0 aliphatic carbocycles. The van der Waals surface area contributed by atoms with E-state index in [2.05, 4.69) is 27.2 Å². The van der Waals surface area contributed by atoms with E-state index in [9.17, 15) is 0 Å². The molecule has 0 atom stereocenters. The van der Waals surface area contributed by atoms with Crippen molar-refractivity contribution in [3.05, 3.63) is 30.0 Å². The average molecular weight is 242 g/mol. The minimum Gasteiger partial charge on any atom is -0.458 e. The largest absolute Gasteiger partial charge is 0.458 e. The number of rotatable bonds is 3. The number of furan rings is 1. The van der Waals surface area contributed by atoms with Gasteiger partial charge >= 0.3 is 0 Å². The second-order valence-corrected chi connectivity index (χ2v) is 4.02. The maximum atomic E-state index is 5.67. The fourth-order valence-corrected chi connectivity index (χ4v) is 1.84. The molecule has 0 saturated heterocycles. The Balaban J connectivity index is 2.07. The van der Waals surface area contributed by atoms with Crippen molar-refractivity contribution in [1.82, 2.24) is 15.0 Å². The Bertz CT molecular complexity index is 683. The number of anilines is 1. The SMILES string of the molecule is CCc1ccc(-c2nc3nc(NC)ccc3[nH]2)o1. The molecule has 5 nitrogen and oxygen atoms in total. The molecular weight excluding hydrogens is 228 g/mol. The molecule has 0 amide bonds. The Morgan fingerprint density at radius 2 is 2.11 bits per heavy atom. The van der Waals surface area contributed by atoms with E-state index in [0.717, 1.165) is 29.3 Å². The van der Waals surface area contributed by atoms with Gasteiger partial charge in [0.25, 0.3) is 0 Å². The third-order valence-electron chi connectivity index (χ3n) is 2.85. The van der Waals surface area contributed by atoms with Crippen LogP contribution in [0.3, 0.4) is 0 Å². The lowest BCUT2D eigenvalue weighted by atomic mass is 10.3. The van der Waals surface area contributed by atoms with Gasteiger partial charge < -0.3 is 14.7 Å². The maximum absolute atomic E-state index is 5.67. The molecular formula is C13H14N4O. The molecule has 0 aliphatic heterocycles. The first-order chi connectivity index (χ1) is 8.80. The zero-order valence-electron chi connectivity index (χ0n) is 10.3. The van der Waals surface area contributed by atoms with Gasteiger partial charge in [0.15, 0.2) is 17.2 Å². The van der Waals surface area contributed by atoms with Crippen LogP contribution in [-0.4, -0.2) is 22.0 Å². The third-order valence-corrected chi connectivity index (χ3v) is 2.85.